The summed E-state index contributed by atoms with van der Waals surface area (Å²) in [5, 5.41) is 3.67. The van der Waals surface area contributed by atoms with Gasteiger partial charge in [-0.3, -0.25) is 4.79 Å². The summed E-state index contributed by atoms with van der Waals surface area (Å²) in [5.41, 5.74) is 7.68. The Hall–Kier alpha value is -2.97. The number of carbonyl (C=O) groups excluding carboxylic acids is 1. The molecule has 0 saturated heterocycles. The standard InChI is InChI=1S/C23H27FN4O2S/c1-5-15-12-16(6-11-19(15)24)20(29)21-22(25)27-23(31-21)26-17-7-9-18(10-8-17)30-13-14(2)28(3)4/h6-12,14H,5,13,25H2,1-4H3,(H,26,27)/t14-/m1/s1. The number of nitrogens with one attached hydrogen (secondary N) is 1. The van der Waals surface area contributed by atoms with Crippen molar-refractivity contribution in [3.05, 3.63) is 64.3 Å². The van der Waals surface area contributed by atoms with E-state index in [2.05, 4.69) is 22.1 Å². The van der Waals surface area contributed by atoms with Crippen LogP contribution < -0.4 is 15.8 Å². The van der Waals surface area contributed by atoms with Crippen molar-refractivity contribution in [1.29, 1.82) is 0 Å². The van der Waals surface area contributed by atoms with Gasteiger partial charge in [-0.1, -0.05) is 18.3 Å². The first-order chi connectivity index (χ1) is 14.8. The van der Waals surface area contributed by atoms with Crippen LogP contribution in [0.3, 0.4) is 0 Å². The van der Waals surface area contributed by atoms with Crippen molar-refractivity contribution in [1.82, 2.24) is 9.88 Å². The van der Waals surface area contributed by atoms with Crippen LogP contribution >= 0.6 is 11.3 Å². The lowest BCUT2D eigenvalue weighted by Crippen LogP contribution is -2.30. The largest absolute Gasteiger partial charge is 0.492 e. The van der Waals surface area contributed by atoms with Crippen molar-refractivity contribution in [2.24, 2.45) is 0 Å². The summed E-state index contributed by atoms with van der Waals surface area (Å²) in [4.78, 5) is 19.5. The minimum Gasteiger partial charge on any atom is -0.492 e. The number of likely N-dealkylation sites (N-methyl/N-ethyl adjacent to an activating group) is 1. The van der Waals surface area contributed by atoms with Gasteiger partial charge in [0.2, 0.25) is 5.78 Å². The fourth-order valence-electron chi connectivity index (χ4n) is 2.79. The summed E-state index contributed by atoms with van der Waals surface area (Å²) in [7, 11) is 4.02. The lowest BCUT2D eigenvalue weighted by Gasteiger charge is -2.20. The fourth-order valence-corrected chi connectivity index (χ4v) is 3.66. The molecule has 0 aliphatic rings. The second-order valence-corrected chi connectivity index (χ2v) is 8.49. The average Bonchev–Trinajstić information content (AvgIpc) is 3.12. The van der Waals surface area contributed by atoms with Gasteiger partial charge in [-0.25, -0.2) is 9.37 Å². The van der Waals surface area contributed by atoms with Crippen LogP contribution in [0.15, 0.2) is 42.5 Å². The highest BCUT2D eigenvalue weighted by Gasteiger charge is 2.19. The average molecular weight is 443 g/mol. The molecule has 0 amide bonds. The van der Waals surface area contributed by atoms with E-state index in [4.69, 9.17) is 10.5 Å². The molecule has 0 saturated carbocycles. The monoisotopic (exact) mass is 442 g/mol. The second kappa shape index (κ2) is 9.89. The lowest BCUT2D eigenvalue weighted by molar-refractivity contribution is 0.104. The molecular weight excluding hydrogens is 415 g/mol. The number of nitrogens with zero attached hydrogens (tertiary/aromatic N) is 2. The maximum Gasteiger partial charge on any atom is 0.206 e. The van der Waals surface area contributed by atoms with Crippen molar-refractivity contribution in [3.8, 4) is 5.75 Å². The number of nitrogen functional groups attached to an aromatic ring is 1. The first-order valence-corrected chi connectivity index (χ1v) is 10.9. The number of nitrogens with two attached hydrogens (primary N) is 1. The van der Waals surface area contributed by atoms with Crippen LogP contribution in [0.5, 0.6) is 5.75 Å². The van der Waals surface area contributed by atoms with Gasteiger partial charge in [-0.15, -0.1) is 0 Å². The molecule has 0 aliphatic carbocycles. The first kappa shape index (κ1) is 22.7. The summed E-state index contributed by atoms with van der Waals surface area (Å²) in [5.74, 6) is 0.341. The quantitative estimate of drug-likeness (QED) is 0.466. The van der Waals surface area contributed by atoms with Crippen LogP contribution in [-0.2, 0) is 6.42 Å². The number of aryl methyl sites for hydroxylation is 1. The topological polar surface area (TPSA) is 80.5 Å². The minimum atomic E-state index is -0.317. The summed E-state index contributed by atoms with van der Waals surface area (Å²) in [6.07, 6.45) is 0.506. The predicted molar refractivity (Wildman–Crippen MR) is 124 cm³/mol. The van der Waals surface area contributed by atoms with Gasteiger partial charge in [-0.05, 0) is 75.5 Å². The van der Waals surface area contributed by atoms with Crippen LogP contribution in [0.4, 0.5) is 21.0 Å². The maximum absolute atomic E-state index is 13.7. The number of benzene rings is 2. The number of hydrogen-bond acceptors (Lipinski definition) is 7. The molecule has 6 nitrogen and oxygen atoms in total. The number of halogens is 1. The first-order valence-electron chi connectivity index (χ1n) is 10.0. The summed E-state index contributed by atoms with van der Waals surface area (Å²) in [6.45, 7) is 4.53. The van der Waals surface area contributed by atoms with E-state index in [0.29, 0.717) is 40.2 Å². The number of ketones is 1. The number of hydrogen-bond donors (Lipinski definition) is 2. The molecule has 164 valence electrons. The fraction of sp³-hybridized carbons (Fsp3) is 0.304. The molecule has 2 aromatic carbocycles. The zero-order chi connectivity index (χ0) is 22.5. The molecular formula is C23H27FN4O2S. The molecule has 0 unspecified atom stereocenters. The Morgan fingerprint density at radius 1 is 1.26 bits per heavy atom. The SMILES string of the molecule is CCc1cc(C(=O)c2sc(Nc3ccc(OC[C@@H](C)N(C)C)cc3)nc2N)ccc1F. The summed E-state index contributed by atoms with van der Waals surface area (Å²) < 4.78 is 19.5. The number of ether oxygens (including phenoxy) is 1. The molecule has 1 heterocycles. The van der Waals surface area contributed by atoms with Gasteiger partial charge in [0.25, 0.3) is 0 Å². The van der Waals surface area contributed by atoms with Gasteiger partial charge in [0.05, 0.1) is 0 Å². The van der Waals surface area contributed by atoms with Crippen molar-refractivity contribution in [2.75, 3.05) is 31.8 Å². The summed E-state index contributed by atoms with van der Waals surface area (Å²) in [6, 6.07) is 12.2. The van der Waals surface area contributed by atoms with Crippen LogP contribution in [0.25, 0.3) is 0 Å². The Kier molecular flexibility index (Phi) is 7.25. The van der Waals surface area contributed by atoms with Crippen LogP contribution in [0, 0.1) is 5.82 Å². The third-order valence-corrected chi connectivity index (χ3v) is 6.01. The van der Waals surface area contributed by atoms with E-state index in [0.717, 1.165) is 11.4 Å². The molecule has 31 heavy (non-hydrogen) atoms. The van der Waals surface area contributed by atoms with E-state index in [-0.39, 0.29) is 17.4 Å². The number of anilines is 3. The van der Waals surface area contributed by atoms with E-state index in [1.807, 2.05) is 45.3 Å². The van der Waals surface area contributed by atoms with Crippen molar-refractivity contribution in [3.63, 3.8) is 0 Å². The molecule has 0 bridgehead atoms. The van der Waals surface area contributed by atoms with Crippen molar-refractivity contribution >= 4 is 33.8 Å². The maximum atomic E-state index is 13.7. The number of thiazole rings is 1. The molecule has 0 spiro atoms. The molecule has 0 radical (unpaired) electrons. The van der Waals surface area contributed by atoms with E-state index < -0.39 is 0 Å². The van der Waals surface area contributed by atoms with Crippen molar-refractivity contribution in [2.45, 2.75) is 26.3 Å². The molecule has 8 heteroatoms. The van der Waals surface area contributed by atoms with Crippen LogP contribution in [-0.4, -0.2) is 42.4 Å². The minimum absolute atomic E-state index is 0.150. The highest BCUT2D eigenvalue weighted by atomic mass is 32.1. The Bertz CT molecular complexity index is 1050. The predicted octanol–water partition coefficient (Wildman–Crippen LogP) is 4.73. The van der Waals surface area contributed by atoms with Gasteiger partial charge >= 0.3 is 0 Å². The van der Waals surface area contributed by atoms with Gasteiger partial charge in [0.15, 0.2) is 5.13 Å². The Balaban J connectivity index is 1.69. The third-order valence-electron chi connectivity index (χ3n) is 5.03. The molecule has 0 aliphatic heterocycles. The van der Waals surface area contributed by atoms with Gasteiger partial charge in [0.1, 0.15) is 28.9 Å². The van der Waals surface area contributed by atoms with E-state index in [1.54, 1.807) is 6.07 Å². The third kappa shape index (κ3) is 5.59. The second-order valence-electron chi connectivity index (χ2n) is 7.50. The zero-order valence-electron chi connectivity index (χ0n) is 18.1. The Morgan fingerprint density at radius 3 is 2.61 bits per heavy atom. The molecule has 3 N–H and O–H groups in total. The smallest absolute Gasteiger partial charge is 0.206 e. The van der Waals surface area contributed by atoms with Crippen LogP contribution in [0.2, 0.25) is 0 Å². The van der Waals surface area contributed by atoms with Gasteiger partial charge in [-0.2, -0.15) is 0 Å². The Labute approximate surface area is 185 Å². The highest BCUT2D eigenvalue weighted by Crippen LogP contribution is 2.30. The zero-order valence-corrected chi connectivity index (χ0v) is 18.9. The lowest BCUT2D eigenvalue weighted by atomic mass is 10.0. The molecule has 3 aromatic rings. The number of aromatic nitrogens is 1. The normalized spacial score (nSPS) is 12.1. The number of carbonyl (C=O) groups is 1. The molecule has 0 fully saturated rings. The van der Waals surface area contributed by atoms with E-state index >= 15 is 0 Å². The molecule has 1 atom stereocenters. The summed E-state index contributed by atoms with van der Waals surface area (Å²) >= 11 is 1.17. The van der Waals surface area contributed by atoms with Crippen LogP contribution in [0.1, 0.15) is 34.6 Å². The van der Waals surface area contributed by atoms with E-state index in [9.17, 15) is 9.18 Å². The molecule has 1 aromatic heterocycles. The van der Waals surface area contributed by atoms with Gasteiger partial charge in [0, 0.05) is 17.3 Å². The molecule has 3 rings (SSSR count). The van der Waals surface area contributed by atoms with Gasteiger partial charge < -0.3 is 20.7 Å². The van der Waals surface area contributed by atoms with Crippen molar-refractivity contribution < 1.29 is 13.9 Å². The highest BCUT2D eigenvalue weighted by molar-refractivity contribution is 7.18. The Morgan fingerprint density at radius 2 is 1.97 bits per heavy atom. The number of rotatable bonds is 9. The van der Waals surface area contributed by atoms with E-state index in [1.165, 1.54) is 23.5 Å².